The Balaban J connectivity index is 1.86. The summed E-state index contributed by atoms with van der Waals surface area (Å²) in [5.41, 5.74) is 0.695. The highest BCUT2D eigenvalue weighted by Gasteiger charge is 2.15. The number of aromatic nitrogens is 1. The number of rotatable bonds is 8. The highest BCUT2D eigenvalue weighted by molar-refractivity contribution is 7.89. The van der Waals surface area contributed by atoms with Crippen LogP contribution in [0.25, 0.3) is 0 Å². The van der Waals surface area contributed by atoms with Crippen LogP contribution in [0.5, 0.6) is 5.75 Å². The molecule has 0 saturated heterocycles. The van der Waals surface area contributed by atoms with Crippen molar-refractivity contribution in [2.24, 2.45) is 0 Å². The quantitative estimate of drug-likeness (QED) is 0.743. The molecular weight excluding hydrogens is 330 g/mol. The first kappa shape index (κ1) is 17.9. The highest BCUT2D eigenvalue weighted by atomic mass is 32.2. The monoisotopic (exact) mass is 349 g/mol. The van der Waals surface area contributed by atoms with Gasteiger partial charge in [0.2, 0.25) is 15.9 Å². The van der Waals surface area contributed by atoms with Crippen LogP contribution in [0.1, 0.15) is 12.6 Å². The minimum absolute atomic E-state index is 0.0727. The van der Waals surface area contributed by atoms with Crippen LogP contribution in [0, 0.1) is 0 Å². The van der Waals surface area contributed by atoms with Gasteiger partial charge in [0.05, 0.1) is 30.3 Å². The molecule has 2 rings (SSSR count). The van der Waals surface area contributed by atoms with Gasteiger partial charge in [-0.05, 0) is 43.3 Å². The van der Waals surface area contributed by atoms with Crippen molar-refractivity contribution in [2.45, 2.75) is 18.4 Å². The highest BCUT2D eigenvalue weighted by Crippen LogP contribution is 2.15. The Labute approximate surface area is 141 Å². The SMILES string of the molecule is CCOc1ccc(S(=O)(=O)NCC(=O)NCc2ccccn2)cc1. The maximum Gasteiger partial charge on any atom is 0.241 e. The van der Waals surface area contributed by atoms with Crippen LogP contribution in [0.4, 0.5) is 0 Å². The van der Waals surface area contributed by atoms with Gasteiger partial charge >= 0.3 is 0 Å². The lowest BCUT2D eigenvalue weighted by atomic mass is 10.3. The number of amides is 1. The van der Waals surface area contributed by atoms with E-state index < -0.39 is 15.9 Å². The van der Waals surface area contributed by atoms with Gasteiger partial charge in [-0.3, -0.25) is 9.78 Å². The van der Waals surface area contributed by atoms with E-state index in [4.69, 9.17) is 4.74 Å². The molecule has 1 aromatic carbocycles. The van der Waals surface area contributed by atoms with Crippen molar-refractivity contribution in [1.82, 2.24) is 15.0 Å². The van der Waals surface area contributed by atoms with Gasteiger partial charge < -0.3 is 10.1 Å². The maximum atomic E-state index is 12.1. The molecule has 8 heteroatoms. The van der Waals surface area contributed by atoms with Gasteiger partial charge in [-0.1, -0.05) is 6.07 Å². The molecule has 0 aliphatic carbocycles. The van der Waals surface area contributed by atoms with Gasteiger partial charge in [0.1, 0.15) is 5.75 Å². The van der Waals surface area contributed by atoms with Gasteiger partial charge in [-0.25, -0.2) is 13.1 Å². The van der Waals surface area contributed by atoms with E-state index in [9.17, 15) is 13.2 Å². The second-order valence-corrected chi connectivity index (χ2v) is 6.59. The molecule has 24 heavy (non-hydrogen) atoms. The normalized spacial score (nSPS) is 11.0. The van der Waals surface area contributed by atoms with Crippen LogP contribution in [0.15, 0.2) is 53.6 Å². The molecule has 7 nitrogen and oxygen atoms in total. The molecule has 0 unspecified atom stereocenters. The fraction of sp³-hybridized carbons (Fsp3) is 0.250. The Hall–Kier alpha value is -2.45. The zero-order chi connectivity index (χ0) is 17.4. The van der Waals surface area contributed by atoms with Crippen LogP contribution in [0.2, 0.25) is 0 Å². The number of hydrogen-bond donors (Lipinski definition) is 2. The number of ether oxygens (including phenoxy) is 1. The van der Waals surface area contributed by atoms with E-state index in [-0.39, 0.29) is 18.0 Å². The first-order chi connectivity index (χ1) is 11.5. The summed E-state index contributed by atoms with van der Waals surface area (Å²) in [5, 5.41) is 2.60. The minimum Gasteiger partial charge on any atom is -0.494 e. The molecule has 0 saturated carbocycles. The summed E-state index contributed by atoms with van der Waals surface area (Å²) in [5.74, 6) is 0.153. The summed E-state index contributed by atoms with van der Waals surface area (Å²) in [6.07, 6.45) is 1.62. The number of carbonyl (C=O) groups is 1. The Kier molecular flexibility index (Phi) is 6.28. The molecule has 0 bridgehead atoms. The Bertz CT molecular complexity index is 762. The van der Waals surface area contributed by atoms with E-state index in [2.05, 4.69) is 15.0 Å². The van der Waals surface area contributed by atoms with Crippen LogP contribution < -0.4 is 14.8 Å². The number of pyridine rings is 1. The van der Waals surface area contributed by atoms with Crippen LogP contribution in [-0.2, 0) is 21.4 Å². The molecule has 0 radical (unpaired) electrons. The van der Waals surface area contributed by atoms with E-state index in [0.717, 1.165) is 0 Å². The third-order valence-corrected chi connectivity index (χ3v) is 4.48. The van der Waals surface area contributed by atoms with Gasteiger partial charge in [0.15, 0.2) is 0 Å². The minimum atomic E-state index is -3.75. The van der Waals surface area contributed by atoms with Crippen molar-refractivity contribution in [2.75, 3.05) is 13.2 Å². The van der Waals surface area contributed by atoms with Gasteiger partial charge in [0, 0.05) is 6.20 Å². The summed E-state index contributed by atoms with van der Waals surface area (Å²) in [6.45, 7) is 2.24. The van der Waals surface area contributed by atoms with E-state index >= 15 is 0 Å². The molecule has 128 valence electrons. The molecule has 0 atom stereocenters. The molecule has 1 aromatic heterocycles. The number of nitrogens with zero attached hydrogens (tertiary/aromatic N) is 1. The fourth-order valence-electron chi connectivity index (χ4n) is 1.88. The number of sulfonamides is 1. The predicted molar refractivity (Wildman–Crippen MR) is 88.9 cm³/mol. The zero-order valence-corrected chi connectivity index (χ0v) is 14.0. The first-order valence-corrected chi connectivity index (χ1v) is 8.88. The van der Waals surface area contributed by atoms with Crippen molar-refractivity contribution in [1.29, 1.82) is 0 Å². The van der Waals surface area contributed by atoms with Crippen LogP contribution >= 0.6 is 0 Å². The smallest absolute Gasteiger partial charge is 0.241 e. The summed E-state index contributed by atoms with van der Waals surface area (Å²) >= 11 is 0. The van der Waals surface area contributed by atoms with E-state index in [1.165, 1.54) is 12.1 Å². The van der Waals surface area contributed by atoms with Gasteiger partial charge in [0.25, 0.3) is 0 Å². The number of nitrogens with one attached hydrogen (secondary N) is 2. The Morgan fingerprint density at radius 3 is 2.54 bits per heavy atom. The molecule has 0 aliphatic heterocycles. The van der Waals surface area contributed by atoms with Crippen molar-refractivity contribution in [3.63, 3.8) is 0 Å². The van der Waals surface area contributed by atoms with Gasteiger partial charge in [-0.2, -0.15) is 0 Å². The third-order valence-electron chi connectivity index (χ3n) is 3.06. The molecule has 0 fully saturated rings. The molecule has 2 aromatic rings. The standard InChI is InChI=1S/C16H19N3O4S/c1-2-23-14-6-8-15(9-7-14)24(21,22)19-12-16(20)18-11-13-5-3-4-10-17-13/h3-10,19H,2,11-12H2,1H3,(H,18,20). The lowest BCUT2D eigenvalue weighted by Gasteiger charge is -2.08. The van der Waals surface area contributed by atoms with Crippen molar-refractivity contribution >= 4 is 15.9 Å². The molecule has 0 aliphatic rings. The average molecular weight is 349 g/mol. The molecular formula is C16H19N3O4S. The maximum absolute atomic E-state index is 12.1. The zero-order valence-electron chi connectivity index (χ0n) is 13.2. The van der Waals surface area contributed by atoms with Crippen LogP contribution in [-0.4, -0.2) is 32.5 Å². The number of benzene rings is 1. The molecule has 2 N–H and O–H groups in total. The van der Waals surface area contributed by atoms with Crippen LogP contribution in [0.3, 0.4) is 0 Å². The molecule has 1 heterocycles. The topological polar surface area (TPSA) is 97.4 Å². The molecule has 1 amide bonds. The largest absolute Gasteiger partial charge is 0.494 e. The average Bonchev–Trinajstić information content (AvgIpc) is 2.60. The summed E-state index contributed by atoms with van der Waals surface area (Å²) < 4.78 is 31.8. The van der Waals surface area contributed by atoms with E-state index in [0.29, 0.717) is 18.1 Å². The summed E-state index contributed by atoms with van der Waals surface area (Å²) in [4.78, 5) is 15.9. The summed E-state index contributed by atoms with van der Waals surface area (Å²) in [7, 11) is -3.75. The van der Waals surface area contributed by atoms with Crippen molar-refractivity contribution in [3.8, 4) is 5.75 Å². The first-order valence-electron chi connectivity index (χ1n) is 7.40. The predicted octanol–water partition coefficient (Wildman–Crippen LogP) is 1.07. The fourth-order valence-corrected chi connectivity index (χ4v) is 2.86. The lowest BCUT2D eigenvalue weighted by Crippen LogP contribution is -2.36. The lowest BCUT2D eigenvalue weighted by molar-refractivity contribution is -0.120. The Morgan fingerprint density at radius 2 is 1.92 bits per heavy atom. The number of carbonyl (C=O) groups excluding carboxylic acids is 1. The second-order valence-electron chi connectivity index (χ2n) is 4.83. The summed E-state index contributed by atoms with van der Waals surface area (Å²) in [6, 6.07) is 11.3. The van der Waals surface area contributed by atoms with Crippen molar-refractivity contribution in [3.05, 3.63) is 54.4 Å². The third kappa shape index (κ3) is 5.32. The van der Waals surface area contributed by atoms with Crippen molar-refractivity contribution < 1.29 is 17.9 Å². The van der Waals surface area contributed by atoms with Gasteiger partial charge in [-0.15, -0.1) is 0 Å². The second kappa shape index (κ2) is 8.42. The van der Waals surface area contributed by atoms with E-state index in [1.807, 2.05) is 13.0 Å². The Morgan fingerprint density at radius 1 is 1.17 bits per heavy atom. The van der Waals surface area contributed by atoms with E-state index in [1.54, 1.807) is 30.5 Å². The molecule has 0 spiro atoms. The number of hydrogen-bond acceptors (Lipinski definition) is 5.